The number of carbonyl (C=O) groups is 5. The van der Waals surface area contributed by atoms with Crippen LogP contribution in [0.3, 0.4) is 0 Å². The molecule has 1 rings (SSSR count). The van der Waals surface area contributed by atoms with Crippen molar-refractivity contribution in [2.75, 3.05) is 6.54 Å². The topological polar surface area (TPSA) is 243 Å². The summed E-state index contributed by atoms with van der Waals surface area (Å²) in [7, 11) is 0. The molecule has 1 aromatic rings. The molecule has 3 amide bonds. The molecular weight excluding hydrogens is 462 g/mol. The van der Waals surface area contributed by atoms with Crippen LogP contribution in [0.25, 0.3) is 0 Å². The van der Waals surface area contributed by atoms with Gasteiger partial charge in [-0.25, -0.2) is 9.78 Å². The number of aromatic nitrogens is 2. The minimum Gasteiger partial charge on any atom is -0.481 e. The standard InChI is InChI=1S/C21H35N7O7/c1-11(2)17(20(33)26-14(21(34)35)5-3-4-6-22)28-19(32)15(8-16(29)30)27-18(31)13(23)7-12-9-24-10-25-12/h9-11,13-15,17H,3-8,22-23H2,1-2H3,(H,24,25)(H,26,33)(H,27,31)(H,28,32)(H,29,30)(H,34,35). The molecule has 0 bridgehead atoms. The van der Waals surface area contributed by atoms with Crippen molar-refractivity contribution in [2.24, 2.45) is 17.4 Å². The first-order valence-electron chi connectivity index (χ1n) is 11.2. The summed E-state index contributed by atoms with van der Waals surface area (Å²) in [6.45, 7) is 3.63. The molecular formula is C21H35N7O7. The van der Waals surface area contributed by atoms with Crippen molar-refractivity contribution in [3.05, 3.63) is 18.2 Å². The number of rotatable bonds is 16. The third-order valence-corrected chi connectivity index (χ3v) is 5.15. The molecule has 0 saturated heterocycles. The van der Waals surface area contributed by atoms with E-state index in [0.717, 1.165) is 0 Å². The van der Waals surface area contributed by atoms with Crippen LogP contribution in [-0.2, 0) is 30.4 Å². The monoisotopic (exact) mass is 497 g/mol. The summed E-state index contributed by atoms with van der Waals surface area (Å²) in [5, 5.41) is 25.7. The van der Waals surface area contributed by atoms with Crippen LogP contribution in [0.5, 0.6) is 0 Å². The zero-order chi connectivity index (χ0) is 26.5. The first kappa shape index (κ1) is 29.5. The minimum atomic E-state index is -1.51. The van der Waals surface area contributed by atoms with E-state index in [-0.39, 0.29) is 12.8 Å². The number of imidazole rings is 1. The lowest BCUT2D eigenvalue weighted by atomic mass is 10.0. The maximum Gasteiger partial charge on any atom is 0.326 e. The van der Waals surface area contributed by atoms with Crippen molar-refractivity contribution < 1.29 is 34.2 Å². The number of nitrogens with zero attached hydrogens (tertiary/aromatic N) is 1. The number of aromatic amines is 1. The summed E-state index contributed by atoms with van der Waals surface area (Å²) < 4.78 is 0. The van der Waals surface area contributed by atoms with Crippen LogP contribution in [0, 0.1) is 5.92 Å². The van der Waals surface area contributed by atoms with Gasteiger partial charge < -0.3 is 42.6 Å². The second kappa shape index (κ2) is 14.7. The van der Waals surface area contributed by atoms with Gasteiger partial charge in [0.25, 0.3) is 0 Å². The highest BCUT2D eigenvalue weighted by Gasteiger charge is 2.32. The third kappa shape index (κ3) is 10.5. The van der Waals surface area contributed by atoms with Gasteiger partial charge in [0.2, 0.25) is 17.7 Å². The van der Waals surface area contributed by atoms with E-state index < -0.39 is 66.2 Å². The van der Waals surface area contributed by atoms with E-state index in [1.54, 1.807) is 13.8 Å². The smallest absolute Gasteiger partial charge is 0.326 e. The average molecular weight is 498 g/mol. The molecule has 35 heavy (non-hydrogen) atoms. The molecule has 14 heteroatoms. The predicted octanol–water partition coefficient (Wildman–Crippen LogP) is -1.92. The van der Waals surface area contributed by atoms with Gasteiger partial charge in [0, 0.05) is 18.3 Å². The molecule has 1 aromatic heterocycles. The van der Waals surface area contributed by atoms with Gasteiger partial charge in [-0.15, -0.1) is 0 Å². The van der Waals surface area contributed by atoms with E-state index in [0.29, 0.717) is 25.1 Å². The van der Waals surface area contributed by atoms with E-state index in [9.17, 15) is 34.2 Å². The van der Waals surface area contributed by atoms with E-state index in [1.165, 1.54) is 12.5 Å². The summed E-state index contributed by atoms with van der Waals surface area (Å²) in [4.78, 5) is 67.5. The number of hydrogen-bond acceptors (Lipinski definition) is 8. The predicted molar refractivity (Wildman–Crippen MR) is 124 cm³/mol. The Bertz CT molecular complexity index is 860. The van der Waals surface area contributed by atoms with Gasteiger partial charge in [0.05, 0.1) is 18.8 Å². The summed E-state index contributed by atoms with van der Waals surface area (Å²) >= 11 is 0. The SMILES string of the molecule is CC(C)C(NC(=O)C(CC(=O)O)NC(=O)C(N)Cc1cnc[nH]1)C(=O)NC(CCCCN)C(=O)O. The Kier molecular flexibility index (Phi) is 12.4. The molecule has 14 nitrogen and oxygen atoms in total. The summed E-state index contributed by atoms with van der Waals surface area (Å²) in [6.07, 6.45) is 3.43. The van der Waals surface area contributed by atoms with E-state index >= 15 is 0 Å². The zero-order valence-electron chi connectivity index (χ0n) is 19.8. The number of H-pyrrole nitrogens is 1. The molecule has 1 heterocycles. The number of hydrogen-bond donors (Lipinski definition) is 8. The van der Waals surface area contributed by atoms with Crippen LogP contribution in [0.2, 0.25) is 0 Å². The molecule has 0 aliphatic rings. The molecule has 4 atom stereocenters. The largest absolute Gasteiger partial charge is 0.481 e. The Labute approximate surface area is 202 Å². The molecule has 0 radical (unpaired) electrons. The number of amides is 3. The van der Waals surface area contributed by atoms with Gasteiger partial charge in [-0.05, 0) is 31.7 Å². The quantitative estimate of drug-likeness (QED) is 0.118. The van der Waals surface area contributed by atoms with Gasteiger partial charge >= 0.3 is 11.9 Å². The van der Waals surface area contributed by atoms with Crippen LogP contribution in [0.1, 0.15) is 45.2 Å². The Morgan fingerprint density at radius 3 is 2.17 bits per heavy atom. The lowest BCUT2D eigenvalue weighted by molar-refractivity contribution is -0.143. The molecule has 0 spiro atoms. The van der Waals surface area contributed by atoms with Crippen molar-refractivity contribution in [2.45, 2.75) is 70.1 Å². The number of carboxylic acids is 2. The lowest BCUT2D eigenvalue weighted by Gasteiger charge is -2.26. The van der Waals surface area contributed by atoms with Crippen molar-refractivity contribution in [3.8, 4) is 0 Å². The highest BCUT2D eigenvalue weighted by atomic mass is 16.4. The maximum atomic E-state index is 12.8. The third-order valence-electron chi connectivity index (χ3n) is 5.15. The summed E-state index contributed by atoms with van der Waals surface area (Å²) in [6, 6.07) is -4.96. The first-order valence-corrected chi connectivity index (χ1v) is 11.2. The molecule has 10 N–H and O–H groups in total. The number of carboxylic acid groups (broad SMARTS) is 2. The fourth-order valence-corrected chi connectivity index (χ4v) is 3.19. The lowest BCUT2D eigenvalue weighted by Crippen LogP contribution is -2.58. The van der Waals surface area contributed by atoms with Crippen LogP contribution in [0.15, 0.2) is 12.5 Å². The van der Waals surface area contributed by atoms with E-state index in [4.69, 9.17) is 11.5 Å². The molecule has 4 unspecified atom stereocenters. The molecule has 0 aromatic carbocycles. The molecule has 0 aliphatic heterocycles. The van der Waals surface area contributed by atoms with Crippen molar-refractivity contribution in [1.29, 1.82) is 0 Å². The fourth-order valence-electron chi connectivity index (χ4n) is 3.19. The highest BCUT2D eigenvalue weighted by Crippen LogP contribution is 2.07. The zero-order valence-corrected chi connectivity index (χ0v) is 19.8. The van der Waals surface area contributed by atoms with Crippen LogP contribution < -0.4 is 27.4 Å². The molecule has 0 fully saturated rings. The van der Waals surface area contributed by atoms with Gasteiger partial charge in [-0.2, -0.15) is 0 Å². The van der Waals surface area contributed by atoms with Gasteiger partial charge in [0.15, 0.2) is 0 Å². The molecule has 0 aliphatic carbocycles. The Morgan fingerprint density at radius 1 is 1.00 bits per heavy atom. The normalized spacial score (nSPS) is 14.4. The van der Waals surface area contributed by atoms with Crippen molar-refractivity contribution >= 4 is 29.7 Å². The number of nitrogens with two attached hydrogens (primary N) is 2. The summed E-state index contributed by atoms with van der Waals surface area (Å²) in [5.41, 5.74) is 11.8. The summed E-state index contributed by atoms with van der Waals surface area (Å²) in [5.74, 6) is -5.49. The Morgan fingerprint density at radius 2 is 1.66 bits per heavy atom. The van der Waals surface area contributed by atoms with Crippen LogP contribution >= 0.6 is 0 Å². The van der Waals surface area contributed by atoms with Crippen LogP contribution in [0.4, 0.5) is 0 Å². The molecule has 196 valence electrons. The average Bonchev–Trinajstić information content (AvgIpc) is 3.28. The molecule has 0 saturated carbocycles. The highest BCUT2D eigenvalue weighted by molar-refractivity contribution is 5.95. The van der Waals surface area contributed by atoms with Gasteiger partial charge in [-0.1, -0.05) is 13.8 Å². The number of carbonyl (C=O) groups excluding carboxylic acids is 3. The number of nitrogens with one attached hydrogen (secondary N) is 4. The Balaban J connectivity index is 2.88. The van der Waals surface area contributed by atoms with Crippen LogP contribution in [-0.4, -0.2) is 80.6 Å². The van der Waals surface area contributed by atoms with E-state index in [1.807, 2.05) is 0 Å². The second-order valence-electron chi connectivity index (χ2n) is 8.46. The number of unbranched alkanes of at least 4 members (excludes halogenated alkanes) is 1. The van der Waals surface area contributed by atoms with Crippen molar-refractivity contribution in [3.63, 3.8) is 0 Å². The van der Waals surface area contributed by atoms with Gasteiger partial charge in [0.1, 0.15) is 18.1 Å². The Hall–Kier alpha value is -3.52. The van der Waals surface area contributed by atoms with Crippen molar-refractivity contribution in [1.82, 2.24) is 25.9 Å². The fraction of sp³-hybridized carbons (Fsp3) is 0.619. The van der Waals surface area contributed by atoms with E-state index in [2.05, 4.69) is 25.9 Å². The second-order valence-corrected chi connectivity index (χ2v) is 8.46. The first-order chi connectivity index (χ1) is 16.5. The van der Waals surface area contributed by atoms with Gasteiger partial charge in [-0.3, -0.25) is 19.2 Å². The minimum absolute atomic E-state index is 0.0744. The number of aliphatic carboxylic acids is 2. The maximum absolute atomic E-state index is 12.8.